The Labute approximate surface area is 247 Å². The molecule has 0 aliphatic rings. The highest BCUT2D eigenvalue weighted by atomic mass is 16.7. The molecule has 0 bridgehead atoms. The lowest BCUT2D eigenvalue weighted by molar-refractivity contribution is -0.196. The molecule has 0 fully saturated rings. The first-order chi connectivity index (χ1) is 20.5. The second kappa shape index (κ2) is 14.7. The van der Waals surface area contributed by atoms with Gasteiger partial charge in [0, 0.05) is 18.6 Å². The summed E-state index contributed by atoms with van der Waals surface area (Å²) in [4.78, 5) is 55.4. The van der Waals surface area contributed by atoms with Gasteiger partial charge in [-0.3, -0.25) is 19.2 Å². The molecule has 3 rings (SSSR count). The standard InChI is InChI=1S/C31H33NO11/c1-40-23-15-25(41-2)24(26(16-23)42-3)18-32(43-19-21-7-5-4-6-8-21)27(33)13-14-31(29(36)37,30(38)39)17-20-9-11-22(12-10-20)28(34)35/h4-12,15-16H,13-14,17-19H2,1-3H3,(H,34,35)(H,36,37)(H,38,39). The van der Waals surface area contributed by atoms with Gasteiger partial charge in [-0.15, -0.1) is 0 Å². The molecule has 12 heteroatoms. The number of aromatic carboxylic acids is 1. The van der Waals surface area contributed by atoms with Gasteiger partial charge >= 0.3 is 17.9 Å². The highest BCUT2D eigenvalue weighted by Gasteiger charge is 2.47. The third-order valence-corrected chi connectivity index (χ3v) is 6.92. The van der Waals surface area contributed by atoms with Gasteiger partial charge in [0.1, 0.15) is 23.9 Å². The van der Waals surface area contributed by atoms with E-state index in [2.05, 4.69) is 0 Å². The minimum absolute atomic E-state index is 0.00764. The van der Waals surface area contributed by atoms with E-state index in [9.17, 15) is 29.4 Å². The number of carboxylic acids is 3. The lowest BCUT2D eigenvalue weighted by Crippen LogP contribution is -2.43. The van der Waals surface area contributed by atoms with Crippen LogP contribution in [0.3, 0.4) is 0 Å². The lowest BCUT2D eigenvalue weighted by Gasteiger charge is -2.28. The van der Waals surface area contributed by atoms with E-state index in [-0.39, 0.29) is 24.3 Å². The van der Waals surface area contributed by atoms with Gasteiger partial charge in [0.15, 0.2) is 5.41 Å². The first-order valence-corrected chi connectivity index (χ1v) is 13.1. The molecular weight excluding hydrogens is 562 g/mol. The van der Waals surface area contributed by atoms with Crippen molar-refractivity contribution in [2.75, 3.05) is 21.3 Å². The average molecular weight is 596 g/mol. The van der Waals surface area contributed by atoms with Crippen LogP contribution >= 0.6 is 0 Å². The highest BCUT2D eigenvalue weighted by molar-refractivity contribution is 5.99. The maximum Gasteiger partial charge on any atom is 0.335 e. The minimum Gasteiger partial charge on any atom is -0.496 e. The van der Waals surface area contributed by atoms with Crippen LogP contribution in [0.15, 0.2) is 66.7 Å². The number of carboxylic acid groups (broad SMARTS) is 3. The normalized spacial score (nSPS) is 11.0. The van der Waals surface area contributed by atoms with Crippen molar-refractivity contribution in [2.45, 2.75) is 32.4 Å². The average Bonchev–Trinajstić information content (AvgIpc) is 3.01. The number of amides is 1. The zero-order valence-electron chi connectivity index (χ0n) is 23.9. The number of nitrogens with zero attached hydrogens (tertiary/aromatic N) is 1. The fourth-order valence-corrected chi connectivity index (χ4v) is 4.41. The van der Waals surface area contributed by atoms with Crippen LogP contribution in [0, 0.1) is 5.41 Å². The van der Waals surface area contributed by atoms with E-state index in [1.807, 2.05) is 6.07 Å². The molecule has 0 unspecified atom stereocenters. The summed E-state index contributed by atoms with van der Waals surface area (Å²) < 4.78 is 16.3. The molecule has 0 heterocycles. The fraction of sp³-hybridized carbons (Fsp3) is 0.290. The predicted octanol–water partition coefficient (Wildman–Crippen LogP) is 4.05. The van der Waals surface area contributed by atoms with Gasteiger partial charge < -0.3 is 29.5 Å². The molecule has 12 nitrogen and oxygen atoms in total. The Morgan fingerprint density at radius 1 is 0.767 bits per heavy atom. The molecule has 0 aliphatic carbocycles. The second-order valence-electron chi connectivity index (χ2n) is 9.57. The van der Waals surface area contributed by atoms with Crippen molar-refractivity contribution in [2.24, 2.45) is 5.41 Å². The van der Waals surface area contributed by atoms with Crippen molar-refractivity contribution >= 4 is 23.8 Å². The largest absolute Gasteiger partial charge is 0.496 e. The fourth-order valence-electron chi connectivity index (χ4n) is 4.41. The molecule has 0 spiro atoms. The Morgan fingerprint density at radius 3 is 1.84 bits per heavy atom. The van der Waals surface area contributed by atoms with Crippen molar-refractivity contribution in [3.63, 3.8) is 0 Å². The van der Waals surface area contributed by atoms with Gasteiger partial charge in [0.05, 0.1) is 39.0 Å². The minimum atomic E-state index is -2.37. The molecule has 3 N–H and O–H groups in total. The van der Waals surface area contributed by atoms with Crippen molar-refractivity contribution in [3.05, 3.63) is 89.0 Å². The monoisotopic (exact) mass is 595 g/mol. The number of hydrogen-bond acceptors (Lipinski definition) is 8. The number of ether oxygens (including phenoxy) is 3. The molecular formula is C31H33NO11. The molecule has 0 aliphatic heterocycles. The van der Waals surface area contributed by atoms with Crippen molar-refractivity contribution in [3.8, 4) is 17.2 Å². The van der Waals surface area contributed by atoms with Crippen LogP contribution in [-0.4, -0.2) is 65.5 Å². The number of hydroxylamine groups is 2. The Morgan fingerprint density at radius 2 is 1.35 bits per heavy atom. The molecule has 228 valence electrons. The highest BCUT2D eigenvalue weighted by Crippen LogP contribution is 2.36. The van der Waals surface area contributed by atoms with Crippen LogP contribution in [0.25, 0.3) is 0 Å². The number of carbonyl (C=O) groups excluding carboxylic acids is 1. The summed E-state index contributed by atoms with van der Waals surface area (Å²) in [7, 11) is 4.35. The number of carbonyl (C=O) groups is 4. The quantitative estimate of drug-likeness (QED) is 0.161. The van der Waals surface area contributed by atoms with Gasteiger partial charge in [-0.05, 0) is 36.1 Å². The number of aliphatic carboxylic acids is 2. The smallest absolute Gasteiger partial charge is 0.335 e. The van der Waals surface area contributed by atoms with Gasteiger partial charge in [-0.1, -0.05) is 42.5 Å². The molecule has 0 saturated carbocycles. The maximum atomic E-state index is 13.6. The van der Waals surface area contributed by atoms with Crippen molar-refractivity contribution < 1.29 is 53.5 Å². The van der Waals surface area contributed by atoms with E-state index < -0.39 is 48.5 Å². The third kappa shape index (κ3) is 8.01. The zero-order chi connectivity index (χ0) is 31.6. The SMILES string of the molecule is COc1cc(OC)c(CN(OCc2ccccc2)C(=O)CCC(Cc2ccc(C(=O)O)cc2)(C(=O)O)C(=O)O)c(OC)c1. The zero-order valence-corrected chi connectivity index (χ0v) is 23.9. The van der Waals surface area contributed by atoms with E-state index in [0.717, 1.165) is 10.6 Å². The van der Waals surface area contributed by atoms with Crippen LogP contribution in [0.4, 0.5) is 0 Å². The Kier molecular flexibility index (Phi) is 11.1. The maximum absolute atomic E-state index is 13.6. The first kappa shape index (κ1) is 32.4. The van der Waals surface area contributed by atoms with Crippen LogP contribution in [0.1, 0.15) is 39.9 Å². The molecule has 1 amide bonds. The van der Waals surface area contributed by atoms with Gasteiger partial charge in [0.2, 0.25) is 5.91 Å². The number of hydrogen-bond donors (Lipinski definition) is 3. The summed E-state index contributed by atoms with van der Waals surface area (Å²) in [6.45, 7) is -0.182. The van der Waals surface area contributed by atoms with Crippen LogP contribution in [0.2, 0.25) is 0 Å². The summed E-state index contributed by atoms with van der Waals surface area (Å²) >= 11 is 0. The van der Waals surface area contributed by atoms with Crippen LogP contribution in [-0.2, 0) is 38.8 Å². The summed E-state index contributed by atoms with van der Waals surface area (Å²) in [5, 5.41) is 30.2. The summed E-state index contributed by atoms with van der Waals surface area (Å²) in [5.41, 5.74) is -0.934. The van der Waals surface area contributed by atoms with Crippen LogP contribution < -0.4 is 14.2 Å². The molecule has 0 saturated heterocycles. The van der Waals surface area contributed by atoms with E-state index in [1.165, 1.54) is 45.6 Å². The number of rotatable bonds is 16. The molecule has 43 heavy (non-hydrogen) atoms. The first-order valence-electron chi connectivity index (χ1n) is 13.1. The number of benzene rings is 3. The lowest BCUT2D eigenvalue weighted by atomic mass is 9.77. The van der Waals surface area contributed by atoms with E-state index in [0.29, 0.717) is 22.8 Å². The second-order valence-corrected chi connectivity index (χ2v) is 9.57. The topological polar surface area (TPSA) is 169 Å². The van der Waals surface area contributed by atoms with Crippen LogP contribution in [0.5, 0.6) is 17.2 Å². The molecule has 3 aromatic rings. The number of methoxy groups -OCH3 is 3. The van der Waals surface area contributed by atoms with E-state index >= 15 is 0 Å². The predicted molar refractivity (Wildman–Crippen MR) is 152 cm³/mol. The Hall–Kier alpha value is -5.10. The molecule has 0 radical (unpaired) electrons. The molecule has 0 atom stereocenters. The Bertz CT molecular complexity index is 1400. The molecule has 0 aromatic heterocycles. The molecule has 3 aromatic carbocycles. The third-order valence-electron chi connectivity index (χ3n) is 6.92. The van der Waals surface area contributed by atoms with E-state index in [1.54, 1.807) is 36.4 Å². The van der Waals surface area contributed by atoms with Gasteiger partial charge in [0.25, 0.3) is 0 Å². The van der Waals surface area contributed by atoms with Crippen molar-refractivity contribution in [1.29, 1.82) is 0 Å². The van der Waals surface area contributed by atoms with Gasteiger partial charge in [-0.25, -0.2) is 9.86 Å². The summed E-state index contributed by atoms with van der Waals surface area (Å²) in [6.07, 6.45) is -1.55. The Balaban J connectivity index is 1.91. The summed E-state index contributed by atoms with van der Waals surface area (Å²) in [6, 6.07) is 17.5. The summed E-state index contributed by atoms with van der Waals surface area (Å²) in [5.74, 6) is -4.00. The van der Waals surface area contributed by atoms with E-state index in [4.69, 9.17) is 24.2 Å². The van der Waals surface area contributed by atoms with Crippen molar-refractivity contribution in [1.82, 2.24) is 5.06 Å². The van der Waals surface area contributed by atoms with Gasteiger partial charge in [-0.2, -0.15) is 0 Å².